The summed E-state index contributed by atoms with van der Waals surface area (Å²) in [6.07, 6.45) is 4.06. The number of fused-ring (bicyclic) bond motifs is 1. The number of rotatable bonds is 5. The minimum atomic E-state index is -3.32. The zero-order valence-corrected chi connectivity index (χ0v) is 15.3. The Morgan fingerprint density at radius 3 is 2.84 bits per heavy atom. The van der Waals surface area contributed by atoms with Crippen LogP contribution in [-0.2, 0) is 16.4 Å². The maximum absolute atomic E-state index is 12.4. The number of hydrogen-bond acceptors (Lipinski definition) is 5. The number of benzene rings is 1. The Morgan fingerprint density at radius 1 is 1.32 bits per heavy atom. The monoisotopic (exact) mass is 378 g/mol. The van der Waals surface area contributed by atoms with Crippen LogP contribution in [0.2, 0.25) is 0 Å². The highest BCUT2D eigenvalue weighted by Gasteiger charge is 2.24. The largest absolute Gasteiger partial charge is 0.618 e. The van der Waals surface area contributed by atoms with Gasteiger partial charge < -0.3 is 5.21 Å². The Balaban J connectivity index is 1.78. The van der Waals surface area contributed by atoms with Crippen molar-refractivity contribution >= 4 is 33.3 Å². The molecule has 3 rings (SSSR count). The smallest absolute Gasteiger partial charge is 0.251 e. The number of anilines is 1. The molecule has 0 bridgehead atoms. The third-order valence-corrected chi connectivity index (χ3v) is 6.22. The molecule has 132 valence electrons. The Labute approximate surface area is 151 Å². The van der Waals surface area contributed by atoms with Crippen molar-refractivity contribution in [2.75, 3.05) is 22.9 Å². The number of nitrogens with zero attached hydrogens (tertiary/aromatic N) is 2. The van der Waals surface area contributed by atoms with Gasteiger partial charge in [0.15, 0.2) is 12.0 Å². The van der Waals surface area contributed by atoms with Gasteiger partial charge in [0.25, 0.3) is 5.03 Å². The molecule has 6 nitrogen and oxygen atoms in total. The molecule has 1 aromatic carbocycles. The molecule has 0 N–H and O–H groups in total. The first-order chi connectivity index (χ1) is 11.9. The van der Waals surface area contributed by atoms with Crippen LogP contribution in [0.1, 0.15) is 22.3 Å². The van der Waals surface area contributed by atoms with Gasteiger partial charge in [0.1, 0.15) is 0 Å². The quantitative estimate of drug-likeness (QED) is 0.344. The van der Waals surface area contributed by atoms with Crippen molar-refractivity contribution in [3.05, 3.63) is 58.9 Å². The number of sulfonamides is 1. The van der Waals surface area contributed by atoms with E-state index >= 15 is 0 Å². The summed E-state index contributed by atoms with van der Waals surface area (Å²) in [6.45, 7) is 0.465. The van der Waals surface area contributed by atoms with Gasteiger partial charge in [0.2, 0.25) is 10.0 Å². The average molecular weight is 378 g/mol. The summed E-state index contributed by atoms with van der Waals surface area (Å²) < 4.78 is 25.9. The van der Waals surface area contributed by atoms with Crippen molar-refractivity contribution in [1.82, 2.24) is 0 Å². The van der Waals surface area contributed by atoms with Crippen LogP contribution in [0.15, 0.2) is 47.6 Å². The van der Waals surface area contributed by atoms with Crippen LogP contribution in [-0.4, -0.2) is 32.8 Å². The van der Waals surface area contributed by atoms with E-state index in [4.69, 9.17) is 0 Å². The van der Waals surface area contributed by atoms with Crippen molar-refractivity contribution < 1.29 is 17.9 Å². The number of aromatic nitrogens is 1. The van der Waals surface area contributed by atoms with E-state index in [2.05, 4.69) is 0 Å². The van der Waals surface area contributed by atoms with E-state index in [1.54, 1.807) is 36.4 Å². The molecule has 0 amide bonds. The van der Waals surface area contributed by atoms with Gasteiger partial charge in [-0.3, -0.25) is 9.10 Å². The van der Waals surface area contributed by atoms with Gasteiger partial charge in [-0.15, -0.1) is 0 Å². The molecular formula is C17H18N2O4S2. The van der Waals surface area contributed by atoms with E-state index in [0.717, 1.165) is 23.1 Å². The maximum Gasteiger partial charge on any atom is 0.251 e. The van der Waals surface area contributed by atoms with Crippen LogP contribution in [0.5, 0.6) is 0 Å². The highest BCUT2D eigenvalue weighted by Crippen LogP contribution is 2.30. The number of carbonyl (C=O) groups excluding carboxylic acids is 1. The van der Waals surface area contributed by atoms with Crippen molar-refractivity contribution in [2.24, 2.45) is 0 Å². The predicted octanol–water partition coefficient (Wildman–Crippen LogP) is 2.01. The predicted molar refractivity (Wildman–Crippen MR) is 97.4 cm³/mol. The Morgan fingerprint density at radius 2 is 2.12 bits per heavy atom. The number of carbonyl (C=O) groups is 1. The van der Waals surface area contributed by atoms with Gasteiger partial charge >= 0.3 is 0 Å². The van der Waals surface area contributed by atoms with Crippen LogP contribution < -0.4 is 9.04 Å². The standard InChI is InChI=1S/C17H18N2O4S2/c1-25(22,23)19-10-4-5-13-11-14(7-8-15(13)19)16(20)12-24-17-6-2-3-9-18(17)21/h2-3,6-9,11H,4-5,10,12H2,1H3. The van der Waals surface area contributed by atoms with E-state index in [-0.39, 0.29) is 11.5 Å². The summed E-state index contributed by atoms with van der Waals surface area (Å²) in [5.74, 6) is 0.0639. The topological polar surface area (TPSA) is 81.4 Å². The first-order valence-electron chi connectivity index (χ1n) is 7.81. The third kappa shape index (κ3) is 3.96. The number of hydrogen-bond donors (Lipinski definition) is 0. The molecule has 2 aromatic rings. The molecule has 0 radical (unpaired) electrons. The number of Topliss-reactive ketones (excluding diaryl/α,β-unsaturated/α-hetero) is 1. The first kappa shape index (κ1) is 17.8. The fourth-order valence-electron chi connectivity index (χ4n) is 2.83. The van der Waals surface area contributed by atoms with Gasteiger partial charge in [-0.1, -0.05) is 0 Å². The SMILES string of the molecule is CS(=O)(=O)N1CCCc2cc(C(=O)CSc3cccc[n+]3[O-])ccc21. The zero-order chi connectivity index (χ0) is 18.0. The molecule has 0 aliphatic carbocycles. The van der Waals surface area contributed by atoms with Crippen LogP contribution in [0.3, 0.4) is 0 Å². The number of ketones is 1. The fourth-order valence-corrected chi connectivity index (χ4v) is 4.63. The highest BCUT2D eigenvalue weighted by atomic mass is 32.2. The lowest BCUT2D eigenvalue weighted by atomic mass is 9.99. The lowest BCUT2D eigenvalue weighted by Crippen LogP contribution is -2.34. The van der Waals surface area contributed by atoms with E-state index in [9.17, 15) is 18.4 Å². The second-order valence-electron chi connectivity index (χ2n) is 5.86. The second kappa shape index (κ2) is 7.05. The number of thioether (sulfide) groups is 1. The zero-order valence-electron chi connectivity index (χ0n) is 13.7. The molecule has 25 heavy (non-hydrogen) atoms. The van der Waals surface area contributed by atoms with Crippen LogP contribution in [0, 0.1) is 5.21 Å². The molecule has 1 aliphatic rings. The van der Waals surface area contributed by atoms with Crippen LogP contribution >= 0.6 is 11.8 Å². The van der Waals surface area contributed by atoms with Crippen molar-refractivity contribution in [2.45, 2.75) is 17.9 Å². The lowest BCUT2D eigenvalue weighted by molar-refractivity contribution is -0.645. The molecule has 1 aromatic heterocycles. The first-order valence-corrected chi connectivity index (χ1v) is 10.6. The Bertz CT molecular complexity index is 913. The average Bonchev–Trinajstić information content (AvgIpc) is 2.59. The summed E-state index contributed by atoms with van der Waals surface area (Å²) in [4.78, 5) is 12.4. The summed E-state index contributed by atoms with van der Waals surface area (Å²) in [5, 5.41) is 12.1. The van der Waals surface area contributed by atoms with Crippen molar-refractivity contribution in [3.8, 4) is 0 Å². The summed E-state index contributed by atoms with van der Waals surface area (Å²) in [6, 6.07) is 10.2. The molecule has 0 saturated carbocycles. The molecule has 8 heteroatoms. The minimum Gasteiger partial charge on any atom is -0.618 e. The fraction of sp³-hybridized carbons (Fsp3) is 0.294. The molecule has 0 atom stereocenters. The van der Waals surface area contributed by atoms with E-state index in [0.29, 0.717) is 22.8 Å². The molecule has 2 heterocycles. The van der Waals surface area contributed by atoms with E-state index in [1.165, 1.54) is 28.5 Å². The van der Waals surface area contributed by atoms with Gasteiger partial charge in [-0.05, 0) is 54.4 Å². The lowest BCUT2D eigenvalue weighted by Gasteiger charge is -2.29. The van der Waals surface area contributed by atoms with Gasteiger partial charge in [-0.25, -0.2) is 8.42 Å². The summed E-state index contributed by atoms with van der Waals surface area (Å²) >= 11 is 1.19. The molecule has 0 fully saturated rings. The third-order valence-electron chi connectivity index (χ3n) is 4.02. The Hall–Kier alpha value is -2.06. The summed E-state index contributed by atoms with van der Waals surface area (Å²) in [5.41, 5.74) is 2.06. The molecule has 0 spiro atoms. The molecular weight excluding hydrogens is 360 g/mol. The molecule has 0 saturated heterocycles. The van der Waals surface area contributed by atoms with E-state index < -0.39 is 10.0 Å². The van der Waals surface area contributed by atoms with Gasteiger partial charge in [0, 0.05) is 24.2 Å². The Kier molecular flexibility index (Phi) is 5.01. The van der Waals surface area contributed by atoms with Crippen LogP contribution in [0.25, 0.3) is 0 Å². The van der Waals surface area contributed by atoms with Crippen molar-refractivity contribution in [3.63, 3.8) is 0 Å². The molecule has 1 aliphatic heterocycles. The van der Waals surface area contributed by atoms with Gasteiger partial charge in [0.05, 0.1) is 17.7 Å². The highest BCUT2D eigenvalue weighted by molar-refractivity contribution is 7.99. The number of pyridine rings is 1. The van der Waals surface area contributed by atoms with Crippen molar-refractivity contribution in [1.29, 1.82) is 0 Å². The van der Waals surface area contributed by atoms with Crippen LogP contribution in [0.4, 0.5) is 5.69 Å². The minimum absolute atomic E-state index is 0.0897. The van der Waals surface area contributed by atoms with Gasteiger partial charge in [-0.2, -0.15) is 4.73 Å². The number of aryl methyl sites for hydroxylation is 1. The van der Waals surface area contributed by atoms with E-state index in [1.807, 2.05) is 0 Å². The summed E-state index contributed by atoms with van der Waals surface area (Å²) in [7, 11) is -3.32. The normalized spacial score (nSPS) is 14.2. The second-order valence-corrected chi connectivity index (χ2v) is 8.76. The maximum atomic E-state index is 12.4. The molecule has 0 unspecified atom stereocenters.